The average molecular weight is 229 g/mol. The summed E-state index contributed by atoms with van der Waals surface area (Å²) in [6, 6.07) is -0.429. The molecule has 1 fully saturated rings. The first-order chi connectivity index (χ1) is 7.50. The van der Waals surface area contributed by atoms with Gasteiger partial charge >= 0.3 is 0 Å². The summed E-state index contributed by atoms with van der Waals surface area (Å²) in [4.78, 5) is 13.8. The van der Waals surface area contributed by atoms with Crippen molar-refractivity contribution in [2.75, 3.05) is 33.3 Å². The number of morpholine rings is 1. The molecule has 0 aromatic heterocycles. The molecule has 5 heteroatoms. The van der Waals surface area contributed by atoms with Gasteiger partial charge in [0.2, 0.25) is 5.91 Å². The molecule has 5 nitrogen and oxygen atoms in total. The third kappa shape index (κ3) is 4.08. The first-order valence-electron chi connectivity index (χ1n) is 5.84. The Kier molecular flexibility index (Phi) is 5.18. The van der Waals surface area contributed by atoms with Crippen LogP contribution in [-0.4, -0.2) is 56.2 Å². The smallest absolute Gasteiger partial charge is 0.237 e. The van der Waals surface area contributed by atoms with Crippen LogP contribution in [0.25, 0.3) is 0 Å². The van der Waals surface area contributed by atoms with Crippen LogP contribution >= 0.6 is 0 Å². The summed E-state index contributed by atoms with van der Waals surface area (Å²) >= 11 is 0. The maximum atomic E-state index is 11.6. The molecule has 94 valence electrons. The van der Waals surface area contributed by atoms with E-state index in [-0.39, 0.29) is 17.9 Å². The fourth-order valence-corrected chi connectivity index (χ4v) is 1.63. The summed E-state index contributed by atoms with van der Waals surface area (Å²) < 4.78 is 5.54. The number of nitrogens with zero attached hydrogens (tertiary/aromatic N) is 1. The van der Waals surface area contributed by atoms with Gasteiger partial charge in [0.05, 0.1) is 18.8 Å². The van der Waals surface area contributed by atoms with Gasteiger partial charge in [-0.2, -0.15) is 0 Å². The molecule has 1 amide bonds. The maximum Gasteiger partial charge on any atom is 0.237 e. The van der Waals surface area contributed by atoms with Crippen LogP contribution in [0.1, 0.15) is 13.8 Å². The van der Waals surface area contributed by atoms with Crippen LogP contribution in [-0.2, 0) is 9.53 Å². The van der Waals surface area contributed by atoms with E-state index in [2.05, 4.69) is 17.3 Å². The van der Waals surface area contributed by atoms with Gasteiger partial charge in [-0.05, 0) is 13.0 Å². The molecule has 2 atom stereocenters. The van der Waals surface area contributed by atoms with Crippen molar-refractivity contribution < 1.29 is 9.53 Å². The summed E-state index contributed by atoms with van der Waals surface area (Å²) in [5.74, 6) is 0.0711. The van der Waals surface area contributed by atoms with E-state index in [1.165, 1.54) is 0 Å². The molecule has 1 heterocycles. The Labute approximate surface area is 97.3 Å². The highest BCUT2D eigenvalue weighted by atomic mass is 16.5. The van der Waals surface area contributed by atoms with Gasteiger partial charge in [-0.3, -0.25) is 4.79 Å². The van der Waals surface area contributed by atoms with Crippen LogP contribution in [0.4, 0.5) is 0 Å². The van der Waals surface area contributed by atoms with Gasteiger partial charge in [-0.25, -0.2) is 0 Å². The molecular weight excluding hydrogens is 206 g/mol. The van der Waals surface area contributed by atoms with Crippen molar-refractivity contribution in [1.82, 2.24) is 10.2 Å². The van der Waals surface area contributed by atoms with Crippen molar-refractivity contribution in [1.29, 1.82) is 0 Å². The van der Waals surface area contributed by atoms with Crippen molar-refractivity contribution >= 4 is 5.91 Å². The molecule has 1 rings (SSSR count). The van der Waals surface area contributed by atoms with Crippen LogP contribution in [0.2, 0.25) is 0 Å². The zero-order valence-corrected chi connectivity index (χ0v) is 10.4. The van der Waals surface area contributed by atoms with Gasteiger partial charge in [0.15, 0.2) is 0 Å². The first-order valence-corrected chi connectivity index (χ1v) is 5.84. The molecule has 16 heavy (non-hydrogen) atoms. The normalized spacial score (nSPS) is 24.4. The number of amides is 1. The Bertz CT molecular complexity index is 233. The van der Waals surface area contributed by atoms with Crippen molar-refractivity contribution in [3.8, 4) is 0 Å². The molecule has 0 aliphatic carbocycles. The highest BCUT2D eigenvalue weighted by Crippen LogP contribution is 2.02. The van der Waals surface area contributed by atoms with Gasteiger partial charge in [0.1, 0.15) is 0 Å². The summed E-state index contributed by atoms with van der Waals surface area (Å²) in [5, 5.41) is 2.84. The molecule has 1 aliphatic heterocycles. The van der Waals surface area contributed by atoms with E-state index in [4.69, 9.17) is 10.5 Å². The lowest BCUT2D eigenvalue weighted by atomic mass is 10.1. The Morgan fingerprint density at radius 3 is 2.88 bits per heavy atom. The third-order valence-electron chi connectivity index (χ3n) is 2.87. The van der Waals surface area contributed by atoms with Gasteiger partial charge < -0.3 is 20.7 Å². The van der Waals surface area contributed by atoms with E-state index in [1.54, 1.807) is 0 Å². The first kappa shape index (κ1) is 13.4. The van der Waals surface area contributed by atoms with Crippen LogP contribution in [0.15, 0.2) is 0 Å². The highest BCUT2D eigenvalue weighted by Gasteiger charge is 2.21. The number of carbonyl (C=O) groups is 1. The topological polar surface area (TPSA) is 67.6 Å². The lowest BCUT2D eigenvalue weighted by Crippen LogP contribution is -2.50. The van der Waals surface area contributed by atoms with Crippen LogP contribution in [0.5, 0.6) is 0 Å². The van der Waals surface area contributed by atoms with Gasteiger partial charge in [0, 0.05) is 19.6 Å². The molecular formula is C11H23N3O2. The fraction of sp³-hybridized carbons (Fsp3) is 0.909. The lowest BCUT2D eigenvalue weighted by molar-refractivity contribution is -0.124. The molecule has 0 saturated carbocycles. The second kappa shape index (κ2) is 6.18. The minimum absolute atomic E-state index is 0.0852. The summed E-state index contributed by atoms with van der Waals surface area (Å²) in [5.41, 5.74) is 5.74. The number of hydrogen-bond acceptors (Lipinski definition) is 4. The zero-order chi connectivity index (χ0) is 12.1. The van der Waals surface area contributed by atoms with Crippen molar-refractivity contribution in [2.24, 2.45) is 11.7 Å². The molecule has 1 saturated heterocycles. The zero-order valence-electron chi connectivity index (χ0n) is 10.4. The molecule has 1 aliphatic rings. The van der Waals surface area contributed by atoms with E-state index in [1.807, 2.05) is 13.8 Å². The quantitative estimate of drug-likeness (QED) is 0.676. The average Bonchev–Trinajstić information content (AvgIpc) is 2.24. The Hall–Kier alpha value is -0.650. The van der Waals surface area contributed by atoms with E-state index in [9.17, 15) is 4.79 Å². The third-order valence-corrected chi connectivity index (χ3v) is 2.87. The molecule has 0 radical (unpaired) electrons. The second-order valence-corrected chi connectivity index (χ2v) is 4.77. The Morgan fingerprint density at radius 2 is 2.31 bits per heavy atom. The van der Waals surface area contributed by atoms with E-state index >= 15 is 0 Å². The number of nitrogens with two attached hydrogens (primary N) is 1. The summed E-state index contributed by atoms with van der Waals surface area (Å²) in [6.45, 7) is 6.97. The predicted octanol–water partition coefficient (Wildman–Crippen LogP) is -0.583. The SMILES string of the molecule is CC(C)C(N)C(=O)NCC1CN(C)CCO1. The van der Waals surface area contributed by atoms with Crippen molar-refractivity contribution in [3.63, 3.8) is 0 Å². The second-order valence-electron chi connectivity index (χ2n) is 4.77. The number of rotatable bonds is 4. The fourth-order valence-electron chi connectivity index (χ4n) is 1.63. The molecule has 0 aromatic rings. The maximum absolute atomic E-state index is 11.6. The molecule has 0 spiro atoms. The minimum atomic E-state index is -0.429. The number of ether oxygens (including phenoxy) is 1. The number of nitrogens with one attached hydrogen (secondary N) is 1. The predicted molar refractivity (Wildman–Crippen MR) is 63.1 cm³/mol. The molecule has 2 unspecified atom stereocenters. The standard InChI is InChI=1S/C11H23N3O2/c1-8(2)10(12)11(15)13-6-9-7-14(3)4-5-16-9/h8-10H,4-7,12H2,1-3H3,(H,13,15). The van der Waals surface area contributed by atoms with Gasteiger partial charge in [-0.15, -0.1) is 0 Å². The monoisotopic (exact) mass is 229 g/mol. The molecule has 3 N–H and O–H groups in total. The number of carbonyl (C=O) groups excluding carboxylic acids is 1. The van der Waals surface area contributed by atoms with Gasteiger partial charge in [0.25, 0.3) is 0 Å². The minimum Gasteiger partial charge on any atom is -0.374 e. The van der Waals surface area contributed by atoms with Crippen LogP contribution < -0.4 is 11.1 Å². The molecule has 0 aromatic carbocycles. The van der Waals surface area contributed by atoms with Gasteiger partial charge in [-0.1, -0.05) is 13.8 Å². The van der Waals surface area contributed by atoms with E-state index in [0.717, 1.165) is 19.7 Å². The number of likely N-dealkylation sites (N-methyl/N-ethyl adjacent to an activating group) is 1. The largest absolute Gasteiger partial charge is 0.374 e. The van der Waals surface area contributed by atoms with E-state index < -0.39 is 6.04 Å². The summed E-state index contributed by atoms with van der Waals surface area (Å²) in [7, 11) is 2.05. The van der Waals surface area contributed by atoms with Crippen LogP contribution in [0.3, 0.4) is 0 Å². The summed E-state index contributed by atoms with van der Waals surface area (Å²) in [6.07, 6.45) is 0.0852. The Morgan fingerprint density at radius 1 is 1.62 bits per heavy atom. The van der Waals surface area contributed by atoms with Crippen molar-refractivity contribution in [2.45, 2.75) is 26.0 Å². The number of hydrogen-bond donors (Lipinski definition) is 2. The molecule has 0 bridgehead atoms. The van der Waals surface area contributed by atoms with Crippen molar-refractivity contribution in [3.05, 3.63) is 0 Å². The lowest BCUT2D eigenvalue weighted by Gasteiger charge is -2.30. The van der Waals surface area contributed by atoms with E-state index in [0.29, 0.717) is 6.54 Å². The Balaban J connectivity index is 2.25. The highest BCUT2D eigenvalue weighted by molar-refractivity contribution is 5.81. The van der Waals surface area contributed by atoms with Crippen LogP contribution in [0, 0.1) is 5.92 Å².